The minimum absolute atomic E-state index is 0.0213. The molecule has 2 aliphatic carbocycles. The van der Waals surface area contributed by atoms with Gasteiger partial charge in [0.2, 0.25) is 11.8 Å². The van der Waals surface area contributed by atoms with Gasteiger partial charge in [-0.3, -0.25) is 9.59 Å². The van der Waals surface area contributed by atoms with Crippen LogP contribution in [0.1, 0.15) is 24.8 Å². The molecule has 3 nitrogen and oxygen atoms in total. The van der Waals surface area contributed by atoms with Gasteiger partial charge in [0.25, 0.3) is 0 Å². The summed E-state index contributed by atoms with van der Waals surface area (Å²) in [5.74, 6) is -1.20. The predicted octanol–water partition coefficient (Wildman–Crippen LogP) is 3.89. The third-order valence-electron chi connectivity index (χ3n) is 5.44. The lowest BCUT2D eigenvalue weighted by molar-refractivity contribution is -0.137. The third-order valence-corrected chi connectivity index (χ3v) is 5.76. The van der Waals surface area contributed by atoms with Crippen molar-refractivity contribution in [2.75, 3.05) is 4.90 Å². The molecule has 23 heavy (non-hydrogen) atoms. The van der Waals surface area contributed by atoms with Gasteiger partial charge in [-0.15, -0.1) is 0 Å². The molecule has 3 aliphatic rings. The largest absolute Gasteiger partial charge is 0.416 e. The van der Waals surface area contributed by atoms with Crippen molar-refractivity contribution >= 4 is 29.1 Å². The number of nitrogens with zero attached hydrogens (tertiary/aromatic N) is 1. The van der Waals surface area contributed by atoms with E-state index < -0.39 is 23.6 Å². The van der Waals surface area contributed by atoms with Crippen LogP contribution in [0.2, 0.25) is 5.02 Å². The van der Waals surface area contributed by atoms with Crippen molar-refractivity contribution < 1.29 is 22.8 Å². The van der Waals surface area contributed by atoms with E-state index in [-0.39, 0.29) is 34.4 Å². The highest BCUT2D eigenvalue weighted by atomic mass is 35.5. The molecule has 2 bridgehead atoms. The van der Waals surface area contributed by atoms with Gasteiger partial charge in [0.15, 0.2) is 0 Å². The smallest absolute Gasteiger partial charge is 0.274 e. The molecule has 0 radical (unpaired) electrons. The van der Waals surface area contributed by atoms with Gasteiger partial charge >= 0.3 is 6.18 Å². The Bertz CT molecular complexity index is 690. The molecule has 2 amide bonds. The lowest BCUT2D eigenvalue weighted by Gasteiger charge is -2.20. The molecule has 122 valence electrons. The van der Waals surface area contributed by atoms with Crippen molar-refractivity contribution in [2.45, 2.75) is 25.4 Å². The second-order valence-corrected chi connectivity index (χ2v) is 6.97. The summed E-state index contributed by atoms with van der Waals surface area (Å²) in [6.45, 7) is 0. The molecule has 2 saturated carbocycles. The van der Waals surface area contributed by atoms with E-state index in [1.54, 1.807) is 0 Å². The van der Waals surface area contributed by atoms with E-state index in [0.717, 1.165) is 42.4 Å². The molecule has 7 heteroatoms. The average Bonchev–Trinajstić information content (AvgIpc) is 3.13. The van der Waals surface area contributed by atoms with Crippen molar-refractivity contribution in [1.29, 1.82) is 0 Å². The second-order valence-electron chi connectivity index (χ2n) is 6.56. The Morgan fingerprint density at radius 1 is 1.04 bits per heavy atom. The van der Waals surface area contributed by atoms with Crippen molar-refractivity contribution in [3.05, 3.63) is 28.8 Å². The van der Waals surface area contributed by atoms with Gasteiger partial charge in [0.05, 0.1) is 28.1 Å². The minimum Gasteiger partial charge on any atom is -0.274 e. The van der Waals surface area contributed by atoms with Gasteiger partial charge < -0.3 is 0 Å². The molecule has 0 N–H and O–H groups in total. The molecule has 1 heterocycles. The van der Waals surface area contributed by atoms with Crippen molar-refractivity contribution in [3.63, 3.8) is 0 Å². The van der Waals surface area contributed by atoms with E-state index >= 15 is 0 Å². The van der Waals surface area contributed by atoms with Crippen LogP contribution in [0.3, 0.4) is 0 Å². The number of fused-ring (bicyclic) bond motifs is 5. The molecule has 3 fully saturated rings. The van der Waals surface area contributed by atoms with Gasteiger partial charge in [-0.05, 0) is 49.3 Å². The summed E-state index contributed by atoms with van der Waals surface area (Å²) in [4.78, 5) is 26.2. The Balaban J connectivity index is 1.77. The van der Waals surface area contributed by atoms with E-state index in [1.807, 2.05) is 0 Å². The Labute approximate surface area is 135 Å². The molecule has 1 saturated heterocycles. The Morgan fingerprint density at radius 3 is 2.13 bits per heavy atom. The highest BCUT2D eigenvalue weighted by molar-refractivity contribution is 6.36. The quantitative estimate of drug-likeness (QED) is 0.725. The maximum absolute atomic E-state index is 12.9. The Hall–Kier alpha value is -1.56. The number of alkyl halides is 3. The molecule has 4 atom stereocenters. The second kappa shape index (κ2) is 4.72. The maximum Gasteiger partial charge on any atom is 0.416 e. The molecule has 0 spiro atoms. The SMILES string of the molecule is O=C1[C@H]2[C@@H]3CC[C@H](C3)[C@@H]2C(=O)N1c1cc(C(F)(F)F)ccc1Cl. The fourth-order valence-corrected chi connectivity index (χ4v) is 4.71. The van der Waals surface area contributed by atoms with Crippen LogP contribution < -0.4 is 4.90 Å². The van der Waals surface area contributed by atoms with Crippen LogP contribution in [0.25, 0.3) is 0 Å². The molecule has 1 aromatic carbocycles. The van der Waals surface area contributed by atoms with Crippen molar-refractivity contribution in [2.24, 2.45) is 23.7 Å². The minimum atomic E-state index is -4.56. The Kier molecular flexibility index (Phi) is 3.08. The number of benzene rings is 1. The number of hydrogen-bond acceptors (Lipinski definition) is 2. The number of anilines is 1. The molecular formula is C16H13ClF3NO2. The topological polar surface area (TPSA) is 37.4 Å². The first-order valence-corrected chi connectivity index (χ1v) is 7.91. The van der Waals surface area contributed by atoms with Crippen LogP contribution in [0, 0.1) is 23.7 Å². The molecule has 0 unspecified atom stereocenters. The van der Waals surface area contributed by atoms with Crippen molar-refractivity contribution in [1.82, 2.24) is 0 Å². The van der Waals surface area contributed by atoms with E-state index in [1.165, 1.54) is 0 Å². The van der Waals surface area contributed by atoms with Crippen LogP contribution in [0.4, 0.5) is 18.9 Å². The first-order chi connectivity index (χ1) is 10.8. The van der Waals surface area contributed by atoms with Crippen LogP contribution in [-0.2, 0) is 15.8 Å². The van der Waals surface area contributed by atoms with E-state index in [0.29, 0.717) is 0 Å². The zero-order valence-corrected chi connectivity index (χ0v) is 12.7. The average molecular weight is 344 g/mol. The number of carbonyl (C=O) groups excluding carboxylic acids is 2. The fourth-order valence-electron chi connectivity index (χ4n) is 4.51. The van der Waals surface area contributed by atoms with Gasteiger partial charge in [-0.25, -0.2) is 4.90 Å². The van der Waals surface area contributed by atoms with Gasteiger partial charge in [0.1, 0.15) is 0 Å². The molecule has 4 rings (SSSR count). The zero-order valence-electron chi connectivity index (χ0n) is 11.9. The zero-order chi connectivity index (χ0) is 16.5. The number of rotatable bonds is 1. The van der Waals surface area contributed by atoms with Gasteiger partial charge in [-0.2, -0.15) is 13.2 Å². The first kappa shape index (κ1) is 15.0. The van der Waals surface area contributed by atoms with E-state index in [4.69, 9.17) is 11.6 Å². The predicted molar refractivity (Wildman–Crippen MR) is 76.8 cm³/mol. The van der Waals surface area contributed by atoms with E-state index in [2.05, 4.69) is 0 Å². The normalized spacial score (nSPS) is 32.8. The van der Waals surface area contributed by atoms with Crippen molar-refractivity contribution in [3.8, 4) is 0 Å². The van der Waals surface area contributed by atoms with Crippen LogP contribution in [0.5, 0.6) is 0 Å². The van der Waals surface area contributed by atoms with Gasteiger partial charge in [-0.1, -0.05) is 11.6 Å². The number of halogens is 4. The first-order valence-electron chi connectivity index (χ1n) is 7.53. The molecule has 0 aromatic heterocycles. The van der Waals surface area contributed by atoms with Crippen LogP contribution in [-0.4, -0.2) is 11.8 Å². The summed E-state index contributed by atoms with van der Waals surface area (Å²) in [5.41, 5.74) is -1.07. The summed E-state index contributed by atoms with van der Waals surface area (Å²) in [6, 6.07) is 2.73. The highest BCUT2D eigenvalue weighted by Gasteiger charge is 2.61. The Morgan fingerprint density at radius 2 is 1.61 bits per heavy atom. The fraction of sp³-hybridized carbons (Fsp3) is 0.500. The maximum atomic E-state index is 12.9. The van der Waals surface area contributed by atoms with Gasteiger partial charge in [0, 0.05) is 0 Å². The highest BCUT2D eigenvalue weighted by Crippen LogP contribution is 2.57. The molecular weight excluding hydrogens is 331 g/mol. The van der Waals surface area contributed by atoms with E-state index in [9.17, 15) is 22.8 Å². The molecule has 1 aliphatic heterocycles. The summed E-state index contributed by atoms with van der Waals surface area (Å²) in [7, 11) is 0. The number of amides is 2. The number of hydrogen-bond donors (Lipinski definition) is 0. The number of carbonyl (C=O) groups is 2. The van der Waals surface area contributed by atoms with Crippen LogP contribution in [0.15, 0.2) is 18.2 Å². The van der Waals surface area contributed by atoms with Crippen LogP contribution >= 0.6 is 11.6 Å². The lowest BCUT2D eigenvalue weighted by atomic mass is 9.81. The third kappa shape index (κ3) is 2.04. The lowest BCUT2D eigenvalue weighted by Crippen LogP contribution is -2.33. The molecule has 1 aromatic rings. The summed E-state index contributed by atoms with van der Waals surface area (Å²) >= 11 is 5.99. The summed E-state index contributed by atoms with van der Waals surface area (Å²) in [5, 5.41) is -0.0213. The standard InChI is InChI=1S/C16H13ClF3NO2/c17-10-4-3-9(16(18,19)20)6-11(10)21-14(22)12-7-1-2-8(5-7)13(12)15(21)23/h3-4,6-8,12-13H,1-2,5H2/t7-,8-,12+,13+/m1/s1. The summed E-state index contributed by atoms with van der Waals surface area (Å²) < 4.78 is 38.7. The summed E-state index contributed by atoms with van der Waals surface area (Å²) in [6.07, 6.45) is -1.86. The monoisotopic (exact) mass is 343 g/mol. The number of imide groups is 1.